The molecule has 2 heteroatoms. The zero-order valence-corrected chi connectivity index (χ0v) is 9.50. The van der Waals surface area contributed by atoms with Gasteiger partial charge >= 0.3 is 5.97 Å². The van der Waals surface area contributed by atoms with Crippen LogP contribution in [0.15, 0.2) is 18.2 Å². The van der Waals surface area contributed by atoms with Gasteiger partial charge in [0, 0.05) is 0 Å². The van der Waals surface area contributed by atoms with Gasteiger partial charge in [0.25, 0.3) is 0 Å². The van der Waals surface area contributed by atoms with E-state index in [1.54, 1.807) is 6.07 Å². The van der Waals surface area contributed by atoms with Crippen molar-refractivity contribution in [3.8, 4) is 0 Å². The molecule has 15 heavy (non-hydrogen) atoms. The first-order valence-corrected chi connectivity index (χ1v) is 4.98. The highest BCUT2D eigenvalue weighted by Gasteiger charge is 2.17. The molecule has 0 fully saturated rings. The van der Waals surface area contributed by atoms with Crippen LogP contribution >= 0.6 is 0 Å². The van der Waals surface area contributed by atoms with Gasteiger partial charge < -0.3 is 5.11 Å². The minimum absolute atomic E-state index is 0.141. The van der Waals surface area contributed by atoms with E-state index in [4.69, 9.17) is 5.11 Å². The van der Waals surface area contributed by atoms with E-state index in [0.717, 1.165) is 11.1 Å². The standard InChI is InChI=1S/C13H17O2/c1-9-5-6-11(12(14)15)10(7-9)8-13(2,3)4/h5-7H,2,8H2,1,3-4H3,(H,14,15). The monoisotopic (exact) mass is 205 g/mol. The third-order valence-corrected chi connectivity index (χ3v) is 2.16. The van der Waals surface area contributed by atoms with Crippen LogP contribution in [0.3, 0.4) is 0 Å². The van der Waals surface area contributed by atoms with Gasteiger partial charge in [-0.2, -0.15) is 0 Å². The molecular weight excluding hydrogens is 188 g/mol. The van der Waals surface area contributed by atoms with Crippen LogP contribution in [0.25, 0.3) is 0 Å². The van der Waals surface area contributed by atoms with Crippen LogP contribution in [0, 0.1) is 19.3 Å². The normalized spacial score (nSPS) is 11.5. The van der Waals surface area contributed by atoms with E-state index in [2.05, 4.69) is 6.92 Å². The number of hydrogen-bond acceptors (Lipinski definition) is 1. The molecule has 1 aromatic rings. The second kappa shape index (κ2) is 4.05. The van der Waals surface area contributed by atoms with Crippen LogP contribution < -0.4 is 0 Å². The predicted octanol–water partition coefficient (Wildman–Crippen LogP) is 3.10. The van der Waals surface area contributed by atoms with Crippen molar-refractivity contribution >= 4 is 5.97 Å². The van der Waals surface area contributed by atoms with Crippen molar-refractivity contribution in [2.24, 2.45) is 5.41 Å². The first-order chi connectivity index (χ1) is 6.79. The van der Waals surface area contributed by atoms with Gasteiger partial charge in [0.1, 0.15) is 0 Å². The molecule has 0 aliphatic carbocycles. The predicted molar refractivity (Wildman–Crippen MR) is 61.0 cm³/mol. The lowest BCUT2D eigenvalue weighted by Gasteiger charge is -2.19. The Morgan fingerprint density at radius 1 is 1.47 bits per heavy atom. The van der Waals surface area contributed by atoms with Crippen LogP contribution in [0.2, 0.25) is 0 Å². The molecule has 0 amide bonds. The van der Waals surface area contributed by atoms with Crippen molar-refractivity contribution in [2.45, 2.75) is 27.2 Å². The molecule has 0 atom stereocenters. The Labute approximate surface area is 90.9 Å². The Bertz CT molecular complexity index is 373. The minimum Gasteiger partial charge on any atom is -0.478 e. The highest BCUT2D eigenvalue weighted by molar-refractivity contribution is 5.89. The molecule has 0 spiro atoms. The summed E-state index contributed by atoms with van der Waals surface area (Å²) in [6.07, 6.45) is 0.677. The molecule has 2 nitrogen and oxygen atoms in total. The maximum absolute atomic E-state index is 11.0. The van der Waals surface area contributed by atoms with Crippen molar-refractivity contribution in [1.29, 1.82) is 0 Å². The van der Waals surface area contributed by atoms with Crippen molar-refractivity contribution in [3.63, 3.8) is 0 Å². The third kappa shape index (κ3) is 3.39. The fourth-order valence-electron chi connectivity index (χ4n) is 1.59. The van der Waals surface area contributed by atoms with Crippen LogP contribution in [0.1, 0.15) is 35.3 Å². The Hall–Kier alpha value is -1.31. The lowest BCUT2D eigenvalue weighted by atomic mass is 9.85. The van der Waals surface area contributed by atoms with Gasteiger partial charge in [-0.1, -0.05) is 31.5 Å². The number of aromatic carboxylic acids is 1. The van der Waals surface area contributed by atoms with Gasteiger partial charge in [-0.15, -0.1) is 0 Å². The summed E-state index contributed by atoms with van der Waals surface area (Å²) in [5.41, 5.74) is 2.19. The number of carbonyl (C=O) groups is 1. The number of hydrogen-bond donors (Lipinski definition) is 1. The molecule has 0 saturated heterocycles. The molecule has 0 saturated carbocycles. The zero-order valence-electron chi connectivity index (χ0n) is 9.50. The summed E-state index contributed by atoms with van der Waals surface area (Å²) in [6, 6.07) is 5.41. The highest BCUT2D eigenvalue weighted by Crippen LogP contribution is 2.23. The zero-order chi connectivity index (χ0) is 11.6. The van der Waals surface area contributed by atoms with Gasteiger partial charge in [-0.3, -0.25) is 0 Å². The molecule has 81 valence electrons. The summed E-state index contributed by atoms with van der Waals surface area (Å²) in [6.45, 7) is 9.97. The summed E-state index contributed by atoms with van der Waals surface area (Å²) < 4.78 is 0. The van der Waals surface area contributed by atoms with Crippen LogP contribution in [0.5, 0.6) is 0 Å². The molecular formula is C13H17O2. The van der Waals surface area contributed by atoms with Crippen LogP contribution in [-0.2, 0) is 6.42 Å². The molecule has 0 bridgehead atoms. The third-order valence-electron chi connectivity index (χ3n) is 2.16. The molecule has 0 aliphatic rings. The summed E-state index contributed by atoms with van der Waals surface area (Å²) in [5, 5.41) is 9.03. The smallest absolute Gasteiger partial charge is 0.335 e. The molecule has 1 radical (unpaired) electrons. The molecule has 0 heterocycles. The van der Waals surface area contributed by atoms with Crippen molar-refractivity contribution in [1.82, 2.24) is 0 Å². The topological polar surface area (TPSA) is 37.3 Å². The maximum atomic E-state index is 11.0. The average molecular weight is 205 g/mol. The number of carboxylic acid groups (broad SMARTS) is 1. The molecule has 1 N–H and O–H groups in total. The van der Waals surface area contributed by atoms with E-state index in [0.29, 0.717) is 12.0 Å². The van der Waals surface area contributed by atoms with Crippen LogP contribution in [-0.4, -0.2) is 11.1 Å². The Balaban J connectivity index is 3.13. The van der Waals surface area contributed by atoms with Crippen molar-refractivity contribution < 1.29 is 9.90 Å². The summed E-state index contributed by atoms with van der Waals surface area (Å²) in [4.78, 5) is 11.0. The minimum atomic E-state index is -0.866. The Morgan fingerprint density at radius 2 is 2.07 bits per heavy atom. The maximum Gasteiger partial charge on any atom is 0.335 e. The molecule has 0 aromatic heterocycles. The van der Waals surface area contributed by atoms with Gasteiger partial charge in [0.2, 0.25) is 0 Å². The molecule has 1 rings (SSSR count). The molecule has 0 aliphatic heterocycles. The second-order valence-electron chi connectivity index (χ2n) is 4.81. The fourth-order valence-corrected chi connectivity index (χ4v) is 1.59. The van der Waals surface area contributed by atoms with E-state index in [9.17, 15) is 4.79 Å². The van der Waals surface area contributed by atoms with E-state index >= 15 is 0 Å². The molecule has 0 unspecified atom stereocenters. The van der Waals surface area contributed by atoms with Crippen molar-refractivity contribution in [3.05, 3.63) is 41.8 Å². The molecule has 1 aromatic carbocycles. The average Bonchev–Trinajstić information content (AvgIpc) is 1.99. The summed E-state index contributed by atoms with van der Waals surface area (Å²) in [7, 11) is 0. The van der Waals surface area contributed by atoms with Gasteiger partial charge in [0.15, 0.2) is 0 Å². The quantitative estimate of drug-likeness (QED) is 0.823. The van der Waals surface area contributed by atoms with Gasteiger partial charge in [-0.25, -0.2) is 4.79 Å². The lowest BCUT2D eigenvalue weighted by Crippen LogP contribution is -2.13. The van der Waals surface area contributed by atoms with Crippen molar-refractivity contribution in [2.75, 3.05) is 0 Å². The number of aryl methyl sites for hydroxylation is 1. The summed E-state index contributed by atoms with van der Waals surface area (Å²) in [5.74, 6) is -0.866. The second-order valence-corrected chi connectivity index (χ2v) is 4.81. The lowest BCUT2D eigenvalue weighted by molar-refractivity contribution is 0.0695. The summed E-state index contributed by atoms with van der Waals surface area (Å²) >= 11 is 0. The number of benzene rings is 1. The van der Waals surface area contributed by atoms with E-state index in [1.807, 2.05) is 32.9 Å². The number of carboxylic acids is 1. The fraction of sp³-hybridized carbons (Fsp3) is 0.385. The van der Waals surface area contributed by atoms with E-state index in [-0.39, 0.29) is 5.41 Å². The largest absolute Gasteiger partial charge is 0.478 e. The van der Waals surface area contributed by atoms with E-state index < -0.39 is 5.97 Å². The van der Waals surface area contributed by atoms with Crippen LogP contribution in [0.4, 0.5) is 0 Å². The SMILES string of the molecule is [CH2]C(C)(C)Cc1cc(C)ccc1C(=O)O. The highest BCUT2D eigenvalue weighted by atomic mass is 16.4. The van der Waals surface area contributed by atoms with Gasteiger partial charge in [-0.05, 0) is 37.3 Å². The first kappa shape index (κ1) is 11.8. The first-order valence-electron chi connectivity index (χ1n) is 4.98. The van der Waals surface area contributed by atoms with Gasteiger partial charge in [0.05, 0.1) is 5.56 Å². The Kier molecular flexibility index (Phi) is 3.18. The Morgan fingerprint density at radius 3 is 2.53 bits per heavy atom. The number of rotatable bonds is 3. The van der Waals surface area contributed by atoms with E-state index in [1.165, 1.54) is 0 Å².